The predicted molar refractivity (Wildman–Crippen MR) is 51.0 cm³/mol. The molecule has 0 saturated heterocycles. The van der Waals surface area contributed by atoms with E-state index in [0.717, 1.165) is 5.56 Å². The lowest BCUT2D eigenvalue weighted by molar-refractivity contribution is 0.626. The standard InChI is InChI=1S/C10H10FN3/c11-8-3-1-7(2-4-8)9(12)10-13-5-6-14-10/h1-6,9H,12H2,(H,13,14). The molecule has 1 unspecified atom stereocenters. The SMILES string of the molecule is NC(c1ccc(F)cc1)c1ncc[nH]1. The Labute approximate surface area is 80.8 Å². The zero-order valence-corrected chi connectivity index (χ0v) is 7.44. The van der Waals surface area contributed by atoms with Crippen LogP contribution in [0, 0.1) is 5.82 Å². The van der Waals surface area contributed by atoms with E-state index in [1.54, 1.807) is 24.5 Å². The molecule has 72 valence electrons. The van der Waals surface area contributed by atoms with Crippen molar-refractivity contribution in [2.45, 2.75) is 6.04 Å². The van der Waals surface area contributed by atoms with E-state index in [1.165, 1.54) is 12.1 Å². The number of halogens is 1. The van der Waals surface area contributed by atoms with E-state index < -0.39 is 0 Å². The number of imidazole rings is 1. The molecular weight excluding hydrogens is 181 g/mol. The normalized spacial score (nSPS) is 12.7. The van der Waals surface area contributed by atoms with E-state index in [1.807, 2.05) is 0 Å². The maximum atomic E-state index is 12.6. The summed E-state index contributed by atoms with van der Waals surface area (Å²) in [5.41, 5.74) is 6.73. The second-order valence-electron chi connectivity index (χ2n) is 3.00. The Morgan fingerprint density at radius 3 is 2.57 bits per heavy atom. The molecule has 1 atom stereocenters. The number of nitrogens with one attached hydrogen (secondary N) is 1. The second-order valence-corrected chi connectivity index (χ2v) is 3.00. The van der Waals surface area contributed by atoms with Crippen LogP contribution in [0.1, 0.15) is 17.4 Å². The van der Waals surface area contributed by atoms with Crippen molar-refractivity contribution in [3.63, 3.8) is 0 Å². The highest BCUT2D eigenvalue weighted by Gasteiger charge is 2.10. The predicted octanol–water partition coefficient (Wildman–Crippen LogP) is 1.60. The van der Waals surface area contributed by atoms with Gasteiger partial charge < -0.3 is 10.7 Å². The number of benzene rings is 1. The molecule has 0 fully saturated rings. The van der Waals surface area contributed by atoms with E-state index in [2.05, 4.69) is 9.97 Å². The number of nitrogens with two attached hydrogens (primary N) is 1. The molecule has 2 aromatic rings. The van der Waals surface area contributed by atoms with E-state index in [4.69, 9.17) is 5.73 Å². The van der Waals surface area contributed by atoms with E-state index in [0.29, 0.717) is 5.82 Å². The third-order valence-corrected chi connectivity index (χ3v) is 2.04. The van der Waals surface area contributed by atoms with Crippen LogP contribution in [0.2, 0.25) is 0 Å². The van der Waals surface area contributed by atoms with Crippen LogP contribution in [-0.4, -0.2) is 9.97 Å². The van der Waals surface area contributed by atoms with Gasteiger partial charge >= 0.3 is 0 Å². The van der Waals surface area contributed by atoms with Gasteiger partial charge in [-0.05, 0) is 17.7 Å². The summed E-state index contributed by atoms with van der Waals surface area (Å²) in [5.74, 6) is 0.414. The Morgan fingerprint density at radius 2 is 2.00 bits per heavy atom. The Kier molecular flexibility index (Phi) is 2.28. The fourth-order valence-corrected chi connectivity index (χ4v) is 1.28. The minimum atomic E-state index is -0.328. The molecule has 0 radical (unpaired) electrons. The molecule has 0 aliphatic carbocycles. The molecule has 0 spiro atoms. The average molecular weight is 191 g/mol. The number of aromatic nitrogens is 2. The molecule has 1 heterocycles. The van der Waals surface area contributed by atoms with Crippen LogP contribution in [0.15, 0.2) is 36.7 Å². The summed E-state index contributed by atoms with van der Waals surface area (Å²) in [7, 11) is 0. The van der Waals surface area contributed by atoms with Gasteiger partial charge in [-0.3, -0.25) is 0 Å². The number of aromatic amines is 1. The maximum Gasteiger partial charge on any atom is 0.127 e. The van der Waals surface area contributed by atoms with E-state index >= 15 is 0 Å². The molecule has 1 aromatic heterocycles. The lowest BCUT2D eigenvalue weighted by Gasteiger charge is -2.08. The van der Waals surface area contributed by atoms with Gasteiger partial charge in [0.05, 0.1) is 6.04 Å². The number of hydrogen-bond donors (Lipinski definition) is 2. The summed E-state index contributed by atoms with van der Waals surface area (Å²) in [6, 6.07) is 5.76. The molecule has 3 nitrogen and oxygen atoms in total. The van der Waals surface area contributed by atoms with Gasteiger partial charge in [-0.15, -0.1) is 0 Å². The fourth-order valence-electron chi connectivity index (χ4n) is 1.28. The molecule has 0 aliphatic rings. The highest BCUT2D eigenvalue weighted by atomic mass is 19.1. The van der Waals surface area contributed by atoms with Crippen molar-refractivity contribution in [3.05, 3.63) is 53.9 Å². The summed E-state index contributed by atoms with van der Waals surface area (Å²) in [4.78, 5) is 6.96. The minimum Gasteiger partial charge on any atom is -0.347 e. The molecule has 0 saturated carbocycles. The van der Waals surface area contributed by atoms with Gasteiger partial charge in [0.25, 0.3) is 0 Å². The molecule has 4 heteroatoms. The van der Waals surface area contributed by atoms with Gasteiger partial charge in [0.2, 0.25) is 0 Å². The monoisotopic (exact) mass is 191 g/mol. The first-order valence-corrected chi connectivity index (χ1v) is 4.27. The van der Waals surface area contributed by atoms with Crippen molar-refractivity contribution in [3.8, 4) is 0 Å². The number of rotatable bonds is 2. The summed E-state index contributed by atoms with van der Waals surface area (Å²) >= 11 is 0. The molecule has 2 rings (SSSR count). The van der Waals surface area contributed by atoms with E-state index in [-0.39, 0.29) is 11.9 Å². The molecule has 0 amide bonds. The number of hydrogen-bond acceptors (Lipinski definition) is 2. The van der Waals surface area contributed by atoms with Crippen molar-refractivity contribution in [2.75, 3.05) is 0 Å². The fraction of sp³-hybridized carbons (Fsp3) is 0.100. The molecule has 0 aliphatic heterocycles. The minimum absolute atomic E-state index is 0.264. The molecular formula is C10H10FN3. The molecule has 14 heavy (non-hydrogen) atoms. The summed E-state index contributed by atoms with van der Waals surface area (Å²) in [6.45, 7) is 0. The molecule has 1 aromatic carbocycles. The Balaban J connectivity index is 2.28. The zero-order chi connectivity index (χ0) is 9.97. The first-order chi connectivity index (χ1) is 6.77. The zero-order valence-electron chi connectivity index (χ0n) is 7.44. The summed E-state index contributed by atoms with van der Waals surface area (Å²) in [6.07, 6.45) is 3.34. The quantitative estimate of drug-likeness (QED) is 0.757. The molecule has 0 bridgehead atoms. The summed E-state index contributed by atoms with van der Waals surface area (Å²) < 4.78 is 12.6. The van der Waals surface area contributed by atoms with Gasteiger partial charge in [-0.2, -0.15) is 0 Å². The summed E-state index contributed by atoms with van der Waals surface area (Å²) in [5, 5.41) is 0. The Hall–Kier alpha value is -1.68. The maximum absolute atomic E-state index is 12.6. The average Bonchev–Trinajstić information content (AvgIpc) is 2.71. The Bertz CT molecular complexity index is 394. The third-order valence-electron chi connectivity index (χ3n) is 2.04. The smallest absolute Gasteiger partial charge is 0.127 e. The lowest BCUT2D eigenvalue weighted by Crippen LogP contribution is -2.13. The topological polar surface area (TPSA) is 54.7 Å². The highest BCUT2D eigenvalue weighted by Crippen LogP contribution is 2.15. The van der Waals surface area contributed by atoms with Crippen molar-refractivity contribution >= 4 is 0 Å². The van der Waals surface area contributed by atoms with Gasteiger partial charge in [-0.25, -0.2) is 9.37 Å². The van der Waals surface area contributed by atoms with Gasteiger partial charge in [0.15, 0.2) is 0 Å². The third kappa shape index (κ3) is 1.65. The molecule has 3 N–H and O–H groups in total. The second kappa shape index (κ2) is 3.59. The lowest BCUT2D eigenvalue weighted by atomic mass is 10.1. The van der Waals surface area contributed by atoms with E-state index in [9.17, 15) is 4.39 Å². The Morgan fingerprint density at radius 1 is 1.29 bits per heavy atom. The van der Waals surface area contributed by atoms with Gasteiger partial charge in [-0.1, -0.05) is 12.1 Å². The largest absolute Gasteiger partial charge is 0.347 e. The van der Waals surface area contributed by atoms with Crippen molar-refractivity contribution in [2.24, 2.45) is 5.73 Å². The van der Waals surface area contributed by atoms with Crippen LogP contribution >= 0.6 is 0 Å². The van der Waals surface area contributed by atoms with Crippen molar-refractivity contribution in [1.29, 1.82) is 0 Å². The van der Waals surface area contributed by atoms with Crippen LogP contribution in [0.5, 0.6) is 0 Å². The van der Waals surface area contributed by atoms with Crippen LogP contribution in [-0.2, 0) is 0 Å². The highest BCUT2D eigenvalue weighted by molar-refractivity contribution is 5.24. The van der Waals surface area contributed by atoms with Gasteiger partial charge in [0, 0.05) is 12.4 Å². The van der Waals surface area contributed by atoms with Crippen molar-refractivity contribution in [1.82, 2.24) is 9.97 Å². The van der Waals surface area contributed by atoms with Crippen LogP contribution in [0.4, 0.5) is 4.39 Å². The van der Waals surface area contributed by atoms with Crippen LogP contribution in [0.25, 0.3) is 0 Å². The number of nitrogens with zero attached hydrogens (tertiary/aromatic N) is 1. The van der Waals surface area contributed by atoms with Crippen molar-refractivity contribution < 1.29 is 4.39 Å². The number of H-pyrrole nitrogens is 1. The van der Waals surface area contributed by atoms with Crippen LogP contribution < -0.4 is 5.73 Å². The van der Waals surface area contributed by atoms with Crippen LogP contribution in [0.3, 0.4) is 0 Å². The first kappa shape index (κ1) is 8.90. The first-order valence-electron chi connectivity index (χ1n) is 4.27. The van der Waals surface area contributed by atoms with Gasteiger partial charge in [0.1, 0.15) is 11.6 Å².